The van der Waals surface area contributed by atoms with Crippen LogP contribution in [0, 0.1) is 20.8 Å². The van der Waals surface area contributed by atoms with E-state index in [1.165, 1.54) is 5.56 Å². The summed E-state index contributed by atoms with van der Waals surface area (Å²) in [6.07, 6.45) is 2.07. The largest absolute Gasteiger partial charge is 0.283 e. The highest BCUT2D eigenvalue weighted by Gasteiger charge is 2.24. The predicted octanol–water partition coefficient (Wildman–Crippen LogP) is 5.97. The molecule has 0 aliphatic heterocycles. The average Bonchev–Trinajstić information content (AvgIpc) is 2.85. The first-order valence-electron chi connectivity index (χ1n) is 8.24. The number of rotatable bonds is 2. The van der Waals surface area contributed by atoms with Crippen molar-refractivity contribution in [1.82, 2.24) is 9.38 Å². The minimum atomic E-state index is -0.102. The summed E-state index contributed by atoms with van der Waals surface area (Å²) in [6.45, 7) is 12.6. The zero-order valence-electron chi connectivity index (χ0n) is 15.3. The van der Waals surface area contributed by atoms with Gasteiger partial charge >= 0.3 is 0 Å². The molecular formula is C20H24N4. The average molecular weight is 320 g/mol. The first-order valence-corrected chi connectivity index (χ1v) is 8.24. The van der Waals surface area contributed by atoms with Gasteiger partial charge in [0.1, 0.15) is 5.65 Å². The number of benzene rings is 1. The summed E-state index contributed by atoms with van der Waals surface area (Å²) in [4.78, 5) is 4.79. The highest BCUT2D eigenvalue weighted by molar-refractivity contribution is 5.56. The quantitative estimate of drug-likeness (QED) is 0.536. The van der Waals surface area contributed by atoms with Crippen LogP contribution in [-0.2, 0) is 5.41 Å². The standard InChI is InChI=1S/C20H24N4/c1-13-10-11-16-21-18(20(4,5)6)19(24(16)12-13)23-22-17-14(2)8-7-9-15(17)3/h7-12H,1-6H3. The number of nitrogens with zero attached hydrogens (tertiary/aromatic N) is 4. The van der Waals surface area contributed by atoms with Gasteiger partial charge in [0.15, 0.2) is 5.82 Å². The number of hydrogen-bond donors (Lipinski definition) is 0. The summed E-state index contributed by atoms with van der Waals surface area (Å²) >= 11 is 0. The molecule has 24 heavy (non-hydrogen) atoms. The fourth-order valence-corrected chi connectivity index (χ4v) is 2.80. The zero-order chi connectivity index (χ0) is 17.5. The molecule has 0 radical (unpaired) electrons. The maximum Gasteiger partial charge on any atom is 0.183 e. The molecule has 124 valence electrons. The first kappa shape index (κ1) is 16.4. The van der Waals surface area contributed by atoms with Gasteiger partial charge in [-0.1, -0.05) is 45.0 Å². The third-order valence-electron chi connectivity index (χ3n) is 4.14. The van der Waals surface area contributed by atoms with Crippen molar-refractivity contribution in [2.75, 3.05) is 0 Å². The summed E-state index contributed by atoms with van der Waals surface area (Å²) in [5, 5.41) is 9.19. The van der Waals surface area contributed by atoms with Gasteiger partial charge in [0, 0.05) is 11.6 Å². The zero-order valence-corrected chi connectivity index (χ0v) is 15.3. The number of aromatic nitrogens is 2. The second kappa shape index (κ2) is 5.86. The highest BCUT2D eigenvalue weighted by Crippen LogP contribution is 2.34. The van der Waals surface area contributed by atoms with Crippen LogP contribution in [0.3, 0.4) is 0 Å². The van der Waals surface area contributed by atoms with Crippen LogP contribution in [0.5, 0.6) is 0 Å². The monoisotopic (exact) mass is 320 g/mol. The van der Waals surface area contributed by atoms with E-state index >= 15 is 0 Å². The molecule has 0 aliphatic carbocycles. The van der Waals surface area contributed by atoms with E-state index in [0.717, 1.165) is 34.0 Å². The lowest BCUT2D eigenvalue weighted by atomic mass is 9.92. The maximum atomic E-state index is 4.79. The highest BCUT2D eigenvalue weighted by atomic mass is 15.2. The summed E-state index contributed by atoms with van der Waals surface area (Å²) in [5.41, 5.74) is 6.12. The molecule has 0 N–H and O–H groups in total. The van der Waals surface area contributed by atoms with Gasteiger partial charge in [-0.3, -0.25) is 4.40 Å². The molecule has 0 unspecified atom stereocenters. The van der Waals surface area contributed by atoms with Gasteiger partial charge in [0.05, 0.1) is 11.4 Å². The molecule has 0 saturated heterocycles. The lowest BCUT2D eigenvalue weighted by Crippen LogP contribution is -2.11. The van der Waals surface area contributed by atoms with Gasteiger partial charge in [-0.05, 0) is 43.5 Å². The summed E-state index contributed by atoms with van der Waals surface area (Å²) in [6, 6.07) is 10.3. The molecule has 2 aromatic heterocycles. The summed E-state index contributed by atoms with van der Waals surface area (Å²) < 4.78 is 2.03. The van der Waals surface area contributed by atoms with Crippen LogP contribution in [0.2, 0.25) is 0 Å². The molecule has 0 amide bonds. The van der Waals surface area contributed by atoms with Crippen LogP contribution in [0.15, 0.2) is 46.8 Å². The Morgan fingerprint density at radius 2 is 1.58 bits per heavy atom. The molecule has 3 rings (SSSR count). The molecule has 0 bridgehead atoms. The van der Waals surface area contributed by atoms with E-state index in [9.17, 15) is 0 Å². The first-order chi connectivity index (χ1) is 11.3. The molecule has 3 aromatic rings. The number of azo groups is 1. The lowest BCUT2D eigenvalue weighted by Gasteiger charge is -2.15. The molecule has 0 saturated carbocycles. The van der Waals surface area contributed by atoms with Crippen LogP contribution >= 0.6 is 0 Å². The van der Waals surface area contributed by atoms with Gasteiger partial charge in [0.2, 0.25) is 0 Å². The molecule has 0 atom stereocenters. The van der Waals surface area contributed by atoms with E-state index in [0.29, 0.717) is 0 Å². The van der Waals surface area contributed by atoms with Crippen LogP contribution in [0.4, 0.5) is 11.5 Å². The molecule has 2 heterocycles. The van der Waals surface area contributed by atoms with Crippen molar-refractivity contribution >= 4 is 17.2 Å². The SMILES string of the molecule is Cc1ccc2nc(C(C)(C)C)c(N=Nc3c(C)cccc3C)n2c1. The van der Waals surface area contributed by atoms with Crippen molar-refractivity contribution < 1.29 is 0 Å². The molecular weight excluding hydrogens is 296 g/mol. The van der Waals surface area contributed by atoms with Crippen molar-refractivity contribution in [3.8, 4) is 0 Å². The van der Waals surface area contributed by atoms with E-state index < -0.39 is 0 Å². The van der Waals surface area contributed by atoms with Crippen LogP contribution in [0.25, 0.3) is 5.65 Å². The maximum absolute atomic E-state index is 4.79. The van der Waals surface area contributed by atoms with Crippen molar-refractivity contribution in [3.05, 3.63) is 58.9 Å². The van der Waals surface area contributed by atoms with Crippen molar-refractivity contribution in [2.45, 2.75) is 47.0 Å². The predicted molar refractivity (Wildman–Crippen MR) is 98.7 cm³/mol. The van der Waals surface area contributed by atoms with Crippen molar-refractivity contribution in [1.29, 1.82) is 0 Å². The Kier molecular flexibility index (Phi) is 3.99. The number of imidazole rings is 1. The Bertz CT molecular complexity index is 906. The molecule has 4 nitrogen and oxygen atoms in total. The minimum Gasteiger partial charge on any atom is -0.283 e. The topological polar surface area (TPSA) is 42.0 Å². The molecule has 1 aromatic carbocycles. The van der Waals surface area contributed by atoms with Gasteiger partial charge in [-0.15, -0.1) is 10.2 Å². The van der Waals surface area contributed by atoms with Crippen LogP contribution in [-0.4, -0.2) is 9.38 Å². The second-order valence-electron chi connectivity index (χ2n) is 7.41. The Balaban J connectivity index is 2.21. The Morgan fingerprint density at radius 1 is 0.917 bits per heavy atom. The molecule has 0 spiro atoms. The lowest BCUT2D eigenvalue weighted by molar-refractivity contribution is 0.574. The van der Waals surface area contributed by atoms with Crippen molar-refractivity contribution in [3.63, 3.8) is 0 Å². The van der Waals surface area contributed by atoms with E-state index in [4.69, 9.17) is 4.98 Å². The van der Waals surface area contributed by atoms with E-state index in [2.05, 4.69) is 76.2 Å². The van der Waals surface area contributed by atoms with Gasteiger partial charge in [0.25, 0.3) is 0 Å². The molecule has 0 aliphatic rings. The van der Waals surface area contributed by atoms with Gasteiger partial charge in [-0.2, -0.15) is 0 Å². The van der Waals surface area contributed by atoms with E-state index in [-0.39, 0.29) is 5.41 Å². The number of hydrogen-bond acceptors (Lipinski definition) is 3. The van der Waals surface area contributed by atoms with Crippen LogP contribution < -0.4 is 0 Å². The third kappa shape index (κ3) is 2.96. The minimum absolute atomic E-state index is 0.102. The fourth-order valence-electron chi connectivity index (χ4n) is 2.80. The number of pyridine rings is 1. The van der Waals surface area contributed by atoms with Crippen molar-refractivity contribution in [2.24, 2.45) is 10.2 Å². The fraction of sp³-hybridized carbons (Fsp3) is 0.350. The summed E-state index contributed by atoms with van der Waals surface area (Å²) in [7, 11) is 0. The van der Waals surface area contributed by atoms with E-state index in [1.54, 1.807) is 0 Å². The normalized spacial score (nSPS) is 12.4. The molecule has 0 fully saturated rings. The third-order valence-corrected chi connectivity index (χ3v) is 4.14. The second-order valence-corrected chi connectivity index (χ2v) is 7.41. The number of aryl methyl sites for hydroxylation is 3. The Morgan fingerprint density at radius 3 is 2.21 bits per heavy atom. The van der Waals surface area contributed by atoms with Gasteiger partial charge in [-0.25, -0.2) is 4.98 Å². The van der Waals surface area contributed by atoms with E-state index in [1.807, 2.05) is 16.5 Å². The van der Waals surface area contributed by atoms with Crippen LogP contribution in [0.1, 0.15) is 43.2 Å². The molecule has 4 heteroatoms. The number of fused-ring (bicyclic) bond motifs is 1. The smallest absolute Gasteiger partial charge is 0.183 e. The Hall–Kier alpha value is -2.49. The Labute approximate surface area is 143 Å². The van der Waals surface area contributed by atoms with Gasteiger partial charge < -0.3 is 0 Å². The summed E-state index contributed by atoms with van der Waals surface area (Å²) in [5.74, 6) is 0.809.